The average Bonchev–Trinajstić information content (AvgIpc) is 2.51. The maximum absolute atomic E-state index is 6.63. The summed E-state index contributed by atoms with van der Waals surface area (Å²) in [5.41, 5.74) is 10.9. The summed E-state index contributed by atoms with van der Waals surface area (Å²) in [4.78, 5) is 0. The zero-order valence-electron chi connectivity index (χ0n) is 9.16. The standard InChI is InChI=1S/C14H17N/c1-10-6-7-12-8-11-4-2-3-5-13(11)14(12,15)9-10/h2-6,12H,7-9,15H2,1H3. The summed E-state index contributed by atoms with van der Waals surface area (Å²) in [5.74, 6) is 0.624. The van der Waals surface area contributed by atoms with E-state index in [0.717, 1.165) is 19.3 Å². The number of hydrogen-bond donors (Lipinski definition) is 1. The molecular weight excluding hydrogens is 182 g/mol. The molecule has 2 aliphatic rings. The average molecular weight is 199 g/mol. The monoisotopic (exact) mass is 199 g/mol. The van der Waals surface area contributed by atoms with E-state index in [1.165, 1.54) is 16.7 Å². The normalized spacial score (nSPS) is 33.2. The van der Waals surface area contributed by atoms with Gasteiger partial charge in [0.2, 0.25) is 0 Å². The van der Waals surface area contributed by atoms with Gasteiger partial charge in [0.05, 0.1) is 0 Å². The predicted octanol–water partition coefficient (Wildman–Crippen LogP) is 2.75. The molecule has 0 bridgehead atoms. The van der Waals surface area contributed by atoms with E-state index in [1.807, 2.05) is 0 Å². The molecule has 0 amide bonds. The molecule has 2 atom stereocenters. The Bertz CT molecular complexity index is 433. The second-order valence-corrected chi connectivity index (χ2v) is 5.06. The Morgan fingerprint density at radius 3 is 3.00 bits per heavy atom. The lowest BCUT2D eigenvalue weighted by molar-refractivity contribution is 0.285. The maximum Gasteiger partial charge on any atom is 0.0484 e. The van der Waals surface area contributed by atoms with E-state index in [9.17, 15) is 0 Å². The summed E-state index contributed by atoms with van der Waals surface area (Å²) in [6, 6.07) is 8.69. The van der Waals surface area contributed by atoms with Crippen molar-refractivity contribution < 1.29 is 0 Å². The van der Waals surface area contributed by atoms with Crippen molar-refractivity contribution in [3.63, 3.8) is 0 Å². The molecule has 0 aliphatic heterocycles. The van der Waals surface area contributed by atoms with Crippen molar-refractivity contribution in [3.8, 4) is 0 Å². The van der Waals surface area contributed by atoms with E-state index in [-0.39, 0.29) is 5.54 Å². The first-order valence-corrected chi connectivity index (χ1v) is 5.73. The van der Waals surface area contributed by atoms with Crippen molar-refractivity contribution in [1.29, 1.82) is 0 Å². The third-order valence-electron chi connectivity index (χ3n) is 4.04. The van der Waals surface area contributed by atoms with Crippen LogP contribution in [0.1, 0.15) is 30.9 Å². The smallest absolute Gasteiger partial charge is 0.0484 e. The zero-order chi connectivity index (χ0) is 10.5. The molecule has 78 valence electrons. The molecule has 1 nitrogen and oxygen atoms in total. The van der Waals surface area contributed by atoms with E-state index < -0.39 is 0 Å². The van der Waals surface area contributed by atoms with E-state index >= 15 is 0 Å². The molecule has 0 fully saturated rings. The van der Waals surface area contributed by atoms with Crippen LogP contribution in [0.3, 0.4) is 0 Å². The topological polar surface area (TPSA) is 26.0 Å². The Labute approximate surface area is 91.0 Å². The van der Waals surface area contributed by atoms with Crippen molar-refractivity contribution in [3.05, 3.63) is 47.0 Å². The third kappa shape index (κ3) is 1.19. The van der Waals surface area contributed by atoms with Gasteiger partial charge in [-0.15, -0.1) is 0 Å². The summed E-state index contributed by atoms with van der Waals surface area (Å²) in [7, 11) is 0. The van der Waals surface area contributed by atoms with Crippen molar-refractivity contribution in [2.75, 3.05) is 0 Å². The molecule has 1 aromatic carbocycles. The highest BCUT2D eigenvalue weighted by Crippen LogP contribution is 2.47. The van der Waals surface area contributed by atoms with Crippen LogP contribution in [0.2, 0.25) is 0 Å². The second-order valence-electron chi connectivity index (χ2n) is 5.06. The molecule has 0 aromatic heterocycles. The highest BCUT2D eigenvalue weighted by Gasteiger charge is 2.44. The maximum atomic E-state index is 6.63. The summed E-state index contributed by atoms with van der Waals surface area (Å²) < 4.78 is 0. The predicted molar refractivity (Wildman–Crippen MR) is 62.5 cm³/mol. The van der Waals surface area contributed by atoms with E-state index in [0.29, 0.717) is 5.92 Å². The Morgan fingerprint density at radius 1 is 1.33 bits per heavy atom. The summed E-state index contributed by atoms with van der Waals surface area (Å²) in [5, 5.41) is 0. The molecule has 0 saturated heterocycles. The Morgan fingerprint density at radius 2 is 2.13 bits per heavy atom. The first-order valence-electron chi connectivity index (χ1n) is 5.73. The summed E-state index contributed by atoms with van der Waals surface area (Å²) in [6.45, 7) is 2.20. The number of fused-ring (bicyclic) bond motifs is 3. The largest absolute Gasteiger partial charge is 0.321 e. The zero-order valence-corrected chi connectivity index (χ0v) is 9.16. The number of hydrogen-bond acceptors (Lipinski definition) is 1. The molecular formula is C14H17N. The number of rotatable bonds is 0. The first kappa shape index (κ1) is 9.17. The van der Waals surface area contributed by atoms with Crippen molar-refractivity contribution >= 4 is 0 Å². The molecule has 3 rings (SSSR count). The van der Waals surface area contributed by atoms with Crippen LogP contribution in [0.5, 0.6) is 0 Å². The van der Waals surface area contributed by atoms with E-state index in [4.69, 9.17) is 5.73 Å². The van der Waals surface area contributed by atoms with Gasteiger partial charge in [0.25, 0.3) is 0 Å². The van der Waals surface area contributed by atoms with Gasteiger partial charge in [-0.05, 0) is 43.2 Å². The minimum atomic E-state index is -0.0740. The fourth-order valence-electron chi connectivity index (χ4n) is 3.23. The van der Waals surface area contributed by atoms with Gasteiger partial charge in [0.1, 0.15) is 0 Å². The number of benzene rings is 1. The van der Waals surface area contributed by atoms with Crippen LogP contribution in [0.4, 0.5) is 0 Å². The molecule has 0 spiro atoms. The van der Waals surface area contributed by atoms with Gasteiger partial charge in [-0.3, -0.25) is 0 Å². The lowest BCUT2D eigenvalue weighted by atomic mass is 9.74. The van der Waals surface area contributed by atoms with E-state index in [1.54, 1.807) is 0 Å². The number of nitrogens with two attached hydrogens (primary N) is 1. The molecule has 1 aromatic rings. The molecule has 1 heteroatoms. The Hall–Kier alpha value is -1.08. The van der Waals surface area contributed by atoms with Crippen LogP contribution in [0, 0.1) is 5.92 Å². The van der Waals surface area contributed by atoms with Gasteiger partial charge in [0.15, 0.2) is 0 Å². The second kappa shape index (κ2) is 2.96. The van der Waals surface area contributed by atoms with Crippen molar-refractivity contribution in [2.24, 2.45) is 11.7 Å². The van der Waals surface area contributed by atoms with Gasteiger partial charge in [-0.25, -0.2) is 0 Å². The molecule has 15 heavy (non-hydrogen) atoms. The van der Waals surface area contributed by atoms with Gasteiger partial charge >= 0.3 is 0 Å². The highest BCUT2D eigenvalue weighted by atomic mass is 14.8. The van der Waals surface area contributed by atoms with Gasteiger partial charge in [0, 0.05) is 5.54 Å². The fourth-order valence-corrected chi connectivity index (χ4v) is 3.23. The molecule has 2 aliphatic carbocycles. The lowest BCUT2D eigenvalue weighted by Crippen LogP contribution is -2.43. The molecule has 0 radical (unpaired) electrons. The lowest BCUT2D eigenvalue weighted by Gasteiger charge is -2.36. The molecule has 2 N–H and O–H groups in total. The van der Waals surface area contributed by atoms with Crippen LogP contribution in [-0.4, -0.2) is 0 Å². The van der Waals surface area contributed by atoms with Gasteiger partial charge < -0.3 is 5.73 Å². The SMILES string of the molecule is CC1=CCC2Cc3ccccc3C2(N)C1. The van der Waals surface area contributed by atoms with Crippen molar-refractivity contribution in [1.82, 2.24) is 0 Å². The van der Waals surface area contributed by atoms with Crippen molar-refractivity contribution in [2.45, 2.75) is 31.7 Å². The van der Waals surface area contributed by atoms with Crippen LogP contribution in [0.25, 0.3) is 0 Å². The minimum Gasteiger partial charge on any atom is -0.321 e. The Kier molecular flexibility index (Phi) is 1.81. The van der Waals surface area contributed by atoms with E-state index in [2.05, 4.69) is 37.3 Å². The van der Waals surface area contributed by atoms with Crippen LogP contribution < -0.4 is 5.73 Å². The molecule has 2 unspecified atom stereocenters. The van der Waals surface area contributed by atoms with Crippen LogP contribution in [0.15, 0.2) is 35.9 Å². The fraction of sp³-hybridized carbons (Fsp3) is 0.429. The quantitative estimate of drug-likeness (QED) is 0.639. The van der Waals surface area contributed by atoms with Gasteiger partial charge in [-0.2, -0.15) is 0 Å². The third-order valence-corrected chi connectivity index (χ3v) is 4.04. The highest BCUT2D eigenvalue weighted by molar-refractivity contribution is 5.42. The minimum absolute atomic E-state index is 0.0740. The molecule has 0 saturated carbocycles. The Balaban J connectivity index is 2.12. The summed E-state index contributed by atoms with van der Waals surface area (Å²) in [6.07, 6.45) is 5.71. The van der Waals surface area contributed by atoms with Crippen LogP contribution >= 0.6 is 0 Å². The van der Waals surface area contributed by atoms with Gasteiger partial charge in [-0.1, -0.05) is 35.9 Å². The summed E-state index contributed by atoms with van der Waals surface area (Å²) >= 11 is 0. The van der Waals surface area contributed by atoms with Crippen LogP contribution in [-0.2, 0) is 12.0 Å². The molecule has 0 heterocycles. The first-order chi connectivity index (χ1) is 7.20. The number of allylic oxidation sites excluding steroid dienone is 1.